The van der Waals surface area contributed by atoms with E-state index in [1.54, 1.807) is 34.9 Å². The highest BCUT2D eigenvalue weighted by molar-refractivity contribution is 6.30. The number of aromatic nitrogens is 2. The van der Waals surface area contributed by atoms with Crippen molar-refractivity contribution < 1.29 is 4.79 Å². The predicted octanol–water partition coefficient (Wildman–Crippen LogP) is 3.70. The minimum absolute atomic E-state index is 0.0118. The van der Waals surface area contributed by atoms with Crippen LogP contribution in [0.25, 0.3) is 10.9 Å². The summed E-state index contributed by atoms with van der Waals surface area (Å²) in [6, 6.07) is 14.7. The fraction of sp³-hybridized carbons (Fsp3) is 0.375. The minimum atomic E-state index is -0.366. The largest absolute Gasteiger partial charge is 0.353 e. The van der Waals surface area contributed by atoms with E-state index in [-0.39, 0.29) is 29.7 Å². The van der Waals surface area contributed by atoms with Gasteiger partial charge >= 0.3 is 5.69 Å². The van der Waals surface area contributed by atoms with Crippen LogP contribution in [0.3, 0.4) is 0 Å². The average Bonchev–Trinajstić information content (AvgIpc) is 3.28. The van der Waals surface area contributed by atoms with E-state index in [2.05, 4.69) is 5.32 Å². The summed E-state index contributed by atoms with van der Waals surface area (Å²) in [7, 11) is 0. The summed E-state index contributed by atoms with van der Waals surface area (Å²) in [5.74, 6) is -0.0118. The Morgan fingerprint density at radius 1 is 1.00 bits per heavy atom. The van der Waals surface area contributed by atoms with E-state index in [4.69, 9.17) is 11.6 Å². The molecule has 6 nitrogen and oxygen atoms in total. The van der Waals surface area contributed by atoms with Gasteiger partial charge in [0.2, 0.25) is 5.91 Å². The number of halogens is 1. The van der Waals surface area contributed by atoms with Crippen LogP contribution in [0.5, 0.6) is 0 Å². The molecule has 162 valence electrons. The van der Waals surface area contributed by atoms with E-state index in [9.17, 15) is 14.4 Å². The molecule has 4 rings (SSSR count). The molecular weight excluding hydrogens is 414 g/mol. The fourth-order valence-corrected chi connectivity index (χ4v) is 4.39. The minimum Gasteiger partial charge on any atom is -0.353 e. The van der Waals surface area contributed by atoms with Crippen LogP contribution < -0.4 is 16.6 Å². The maximum Gasteiger partial charge on any atom is 0.331 e. The summed E-state index contributed by atoms with van der Waals surface area (Å²) < 4.78 is 2.86. The molecule has 1 saturated carbocycles. The molecule has 1 aromatic heterocycles. The lowest BCUT2D eigenvalue weighted by Gasteiger charge is -2.15. The molecule has 0 unspecified atom stereocenters. The smallest absolute Gasteiger partial charge is 0.331 e. The van der Waals surface area contributed by atoms with Crippen LogP contribution in [0, 0.1) is 0 Å². The third-order valence-corrected chi connectivity index (χ3v) is 6.14. The second kappa shape index (κ2) is 9.52. The van der Waals surface area contributed by atoms with Crippen LogP contribution in [0.1, 0.15) is 44.1 Å². The van der Waals surface area contributed by atoms with Gasteiger partial charge in [0.1, 0.15) is 0 Å². The zero-order valence-electron chi connectivity index (χ0n) is 17.4. The number of rotatable bonds is 7. The van der Waals surface area contributed by atoms with Crippen molar-refractivity contribution in [1.82, 2.24) is 14.5 Å². The Bertz CT molecular complexity index is 1190. The molecule has 1 amide bonds. The van der Waals surface area contributed by atoms with Gasteiger partial charge in [-0.15, -0.1) is 0 Å². The van der Waals surface area contributed by atoms with Gasteiger partial charge in [-0.2, -0.15) is 0 Å². The summed E-state index contributed by atoms with van der Waals surface area (Å²) in [5, 5.41) is 4.17. The third-order valence-electron chi connectivity index (χ3n) is 5.89. The number of carbonyl (C=O) groups is 1. The lowest BCUT2D eigenvalue weighted by molar-refractivity contribution is -0.121. The number of para-hydroxylation sites is 1. The Kier molecular flexibility index (Phi) is 6.56. The van der Waals surface area contributed by atoms with Crippen molar-refractivity contribution in [1.29, 1.82) is 0 Å². The molecule has 2 aromatic carbocycles. The zero-order chi connectivity index (χ0) is 21.8. The van der Waals surface area contributed by atoms with Gasteiger partial charge in [0.15, 0.2) is 0 Å². The molecule has 1 aliphatic rings. The number of carbonyl (C=O) groups excluding carboxylic acids is 1. The second-order valence-corrected chi connectivity index (χ2v) is 8.56. The third kappa shape index (κ3) is 4.90. The van der Waals surface area contributed by atoms with Crippen molar-refractivity contribution in [3.05, 3.63) is 80.0 Å². The van der Waals surface area contributed by atoms with Crippen molar-refractivity contribution in [3.8, 4) is 0 Å². The van der Waals surface area contributed by atoms with E-state index in [0.29, 0.717) is 35.3 Å². The molecule has 1 aliphatic carbocycles. The first-order chi connectivity index (χ1) is 15.0. The molecule has 1 N–H and O–H groups in total. The quantitative estimate of drug-likeness (QED) is 0.610. The highest BCUT2D eigenvalue weighted by Gasteiger charge is 2.17. The van der Waals surface area contributed by atoms with Crippen molar-refractivity contribution in [2.45, 2.75) is 57.7 Å². The van der Waals surface area contributed by atoms with Crippen molar-refractivity contribution in [2.75, 3.05) is 0 Å². The first kappa shape index (κ1) is 21.4. The van der Waals surface area contributed by atoms with Gasteiger partial charge in [-0.25, -0.2) is 4.79 Å². The number of amides is 1. The summed E-state index contributed by atoms with van der Waals surface area (Å²) in [4.78, 5) is 38.4. The van der Waals surface area contributed by atoms with Crippen LogP contribution in [0.4, 0.5) is 0 Å². The molecule has 31 heavy (non-hydrogen) atoms. The van der Waals surface area contributed by atoms with Gasteiger partial charge in [0.05, 0.1) is 17.4 Å². The average molecular weight is 440 g/mol. The normalized spacial score (nSPS) is 14.2. The Morgan fingerprint density at radius 3 is 2.45 bits per heavy atom. The Balaban J connectivity index is 1.57. The molecule has 0 spiro atoms. The van der Waals surface area contributed by atoms with E-state index >= 15 is 0 Å². The summed E-state index contributed by atoms with van der Waals surface area (Å²) in [6.07, 6.45) is 5.12. The zero-order valence-corrected chi connectivity index (χ0v) is 18.1. The number of hydrogen-bond acceptors (Lipinski definition) is 3. The Labute approximate surface area is 185 Å². The molecule has 0 radical (unpaired) electrons. The number of nitrogens with zero attached hydrogens (tertiary/aromatic N) is 2. The number of benzene rings is 2. The molecule has 7 heteroatoms. The lowest BCUT2D eigenvalue weighted by atomic mass is 10.2. The lowest BCUT2D eigenvalue weighted by Crippen LogP contribution is -2.40. The molecule has 0 saturated heterocycles. The van der Waals surface area contributed by atoms with Crippen LogP contribution in [0.2, 0.25) is 5.02 Å². The molecule has 0 bridgehead atoms. The maximum atomic E-state index is 13.2. The monoisotopic (exact) mass is 439 g/mol. The van der Waals surface area contributed by atoms with Gasteiger partial charge in [-0.05, 0) is 49.1 Å². The van der Waals surface area contributed by atoms with Crippen LogP contribution >= 0.6 is 11.6 Å². The fourth-order valence-electron chi connectivity index (χ4n) is 4.26. The summed E-state index contributed by atoms with van der Waals surface area (Å²) >= 11 is 5.98. The molecule has 0 atom stereocenters. The van der Waals surface area contributed by atoms with Gasteiger partial charge in [-0.3, -0.25) is 18.7 Å². The second-order valence-electron chi connectivity index (χ2n) is 8.12. The molecule has 1 fully saturated rings. The number of nitrogens with one attached hydrogen (secondary N) is 1. The topological polar surface area (TPSA) is 73.1 Å². The van der Waals surface area contributed by atoms with Crippen LogP contribution in [-0.4, -0.2) is 21.1 Å². The first-order valence-electron chi connectivity index (χ1n) is 10.8. The van der Waals surface area contributed by atoms with E-state index in [1.165, 1.54) is 4.57 Å². The molecule has 1 heterocycles. The van der Waals surface area contributed by atoms with Gasteiger partial charge < -0.3 is 5.32 Å². The van der Waals surface area contributed by atoms with E-state index in [1.807, 2.05) is 18.2 Å². The molecule has 0 aliphatic heterocycles. The van der Waals surface area contributed by atoms with Crippen molar-refractivity contribution in [3.63, 3.8) is 0 Å². The summed E-state index contributed by atoms with van der Waals surface area (Å²) in [6.45, 7) is 0.542. The number of fused-ring (bicyclic) bond motifs is 1. The maximum absolute atomic E-state index is 13.2. The standard InChI is InChI=1S/C24H26ClN3O3/c25-18-13-11-17(12-14-18)16-28-21-9-4-3-8-20(21)23(30)27(24(28)31)15-5-10-22(29)26-19-6-1-2-7-19/h3-4,8-9,11-14,19H,1-2,5-7,10,15-16H2,(H,26,29). The molecular formula is C24H26ClN3O3. The highest BCUT2D eigenvalue weighted by atomic mass is 35.5. The Hall–Kier alpha value is -2.86. The van der Waals surface area contributed by atoms with Gasteiger partial charge in [-0.1, -0.05) is 48.7 Å². The van der Waals surface area contributed by atoms with Crippen LogP contribution in [-0.2, 0) is 17.9 Å². The van der Waals surface area contributed by atoms with E-state index < -0.39 is 0 Å². The summed E-state index contributed by atoms with van der Waals surface area (Å²) in [5.41, 5.74) is 0.833. The SMILES string of the molecule is O=C(CCCn1c(=O)c2ccccc2n(Cc2ccc(Cl)cc2)c1=O)NC1CCCC1. The Morgan fingerprint density at radius 2 is 1.71 bits per heavy atom. The predicted molar refractivity (Wildman–Crippen MR) is 123 cm³/mol. The van der Waals surface area contributed by atoms with E-state index in [0.717, 1.165) is 31.2 Å². The highest BCUT2D eigenvalue weighted by Crippen LogP contribution is 2.18. The van der Waals surface area contributed by atoms with Crippen molar-refractivity contribution in [2.24, 2.45) is 0 Å². The van der Waals surface area contributed by atoms with Crippen LogP contribution in [0.15, 0.2) is 58.1 Å². The van der Waals surface area contributed by atoms with Gasteiger partial charge in [0.25, 0.3) is 5.56 Å². The van der Waals surface area contributed by atoms with Crippen molar-refractivity contribution >= 4 is 28.4 Å². The molecule has 3 aromatic rings. The number of hydrogen-bond donors (Lipinski definition) is 1. The first-order valence-corrected chi connectivity index (χ1v) is 11.2. The van der Waals surface area contributed by atoms with Gasteiger partial charge in [0, 0.05) is 24.0 Å².